The van der Waals surface area contributed by atoms with Crippen molar-refractivity contribution in [2.45, 2.75) is 238 Å². The third kappa shape index (κ3) is 14.5. The maximum absolute atomic E-state index is 13.5. The molecule has 1 aliphatic rings. The maximum Gasteiger partial charge on any atom is 0.248 e. The minimum Gasteiger partial charge on any atom is -0.460 e. The molecule has 0 bridgehead atoms. The first-order valence-corrected chi connectivity index (χ1v) is 33.1. The van der Waals surface area contributed by atoms with Crippen LogP contribution in [0.5, 0.6) is 0 Å². The summed E-state index contributed by atoms with van der Waals surface area (Å²) >= 11 is 5.87. The van der Waals surface area contributed by atoms with Gasteiger partial charge in [0.05, 0.1) is 0 Å². The van der Waals surface area contributed by atoms with Gasteiger partial charge in [0.15, 0.2) is 0 Å². The van der Waals surface area contributed by atoms with Gasteiger partial charge >= 0.3 is 0 Å². The van der Waals surface area contributed by atoms with Crippen molar-refractivity contribution in [3.05, 3.63) is 184 Å². The lowest BCUT2D eigenvalue weighted by Crippen LogP contribution is -2.24. The normalized spacial score (nSPS) is 14.2. The van der Waals surface area contributed by atoms with E-state index in [1.54, 1.807) is 0 Å². The van der Waals surface area contributed by atoms with E-state index in [1.807, 2.05) is 46.1 Å². The van der Waals surface area contributed by atoms with Gasteiger partial charge in [-0.05, 0) is 215 Å². The van der Waals surface area contributed by atoms with E-state index in [0.29, 0.717) is 12.8 Å². The van der Waals surface area contributed by atoms with Gasteiger partial charge < -0.3 is 4.42 Å². The van der Waals surface area contributed by atoms with Crippen molar-refractivity contribution in [1.29, 1.82) is 0 Å². The summed E-state index contributed by atoms with van der Waals surface area (Å²) < 4.78 is 37.4. The number of halogens is 2. The first kappa shape index (κ1) is 66.4. The van der Waals surface area contributed by atoms with Gasteiger partial charge in [-0.25, -0.2) is 8.78 Å². The number of alkyl halides is 2. The van der Waals surface area contributed by atoms with Crippen LogP contribution in [0.3, 0.4) is 0 Å². The molecule has 0 atom stereocenters. The lowest BCUT2D eigenvalue weighted by atomic mass is 9.75. The van der Waals surface area contributed by atoms with Crippen LogP contribution in [0.15, 0.2) is 101 Å². The van der Waals surface area contributed by atoms with Crippen LogP contribution < -0.4 is 0 Å². The Bertz CT molecular complexity index is 3840. The predicted molar refractivity (Wildman–Crippen MR) is 373 cm³/mol. The number of hydrogen-bond donors (Lipinski definition) is 0. The van der Waals surface area contributed by atoms with Gasteiger partial charge in [-0.2, -0.15) is 0 Å². The number of thiophene rings is 3. The van der Waals surface area contributed by atoms with E-state index in [-0.39, 0.29) is 45.8 Å². The zero-order valence-electron chi connectivity index (χ0n) is 56.0. The first-order chi connectivity index (χ1) is 38.7. The Morgan fingerprint density at radius 1 is 0.405 bits per heavy atom. The second kappa shape index (κ2) is 24.9. The molecule has 4 heterocycles. The molecule has 84 heavy (non-hydrogen) atoms. The van der Waals surface area contributed by atoms with Crippen molar-refractivity contribution >= 4 is 86.0 Å². The predicted octanol–water partition coefficient (Wildman–Crippen LogP) is 25.8. The summed E-state index contributed by atoms with van der Waals surface area (Å²) in [5, 5.41) is 8.18. The zero-order chi connectivity index (χ0) is 62.6. The quantitative estimate of drug-likeness (QED) is 0.160. The highest BCUT2D eigenvalue weighted by atomic mass is 32.1. The molecule has 0 unspecified atom stereocenters. The Balaban J connectivity index is 0.000000152. The molecule has 0 spiro atoms. The Labute approximate surface area is 517 Å². The largest absolute Gasteiger partial charge is 0.460 e. The summed E-state index contributed by atoms with van der Waals surface area (Å²) in [5.41, 5.74) is 18.5. The van der Waals surface area contributed by atoms with Gasteiger partial charge in [0, 0.05) is 52.4 Å². The molecule has 4 aromatic heterocycles. The van der Waals surface area contributed by atoms with Crippen molar-refractivity contribution in [2.75, 3.05) is 0 Å². The van der Waals surface area contributed by atoms with Gasteiger partial charge in [0.1, 0.15) is 11.3 Å². The maximum atomic E-state index is 13.5. The molecule has 1 nitrogen and oxygen atoms in total. The van der Waals surface area contributed by atoms with E-state index >= 15 is 0 Å². The molecule has 1 saturated carbocycles. The molecule has 11 rings (SSSR count). The molecule has 1 aliphatic carbocycles. The third-order valence-corrected chi connectivity index (χ3v) is 22.4. The molecule has 450 valence electrons. The average Bonchev–Trinajstić information content (AvgIpc) is 3.14. The fourth-order valence-electron chi connectivity index (χ4n) is 13.0. The molecule has 6 heteroatoms. The van der Waals surface area contributed by atoms with Gasteiger partial charge in [0.2, 0.25) is 5.92 Å². The summed E-state index contributed by atoms with van der Waals surface area (Å²) in [7, 11) is 0. The van der Waals surface area contributed by atoms with Crippen LogP contribution in [0.25, 0.3) is 52.0 Å². The third-order valence-electron chi connectivity index (χ3n) is 17.0. The topological polar surface area (TPSA) is 13.1 Å². The van der Waals surface area contributed by atoms with E-state index < -0.39 is 5.92 Å². The zero-order valence-corrected chi connectivity index (χ0v) is 58.5. The average molecular weight is 1190 g/mol. The highest BCUT2D eigenvalue weighted by Crippen LogP contribution is 2.47. The molecule has 10 aromatic rings. The lowest BCUT2D eigenvalue weighted by Gasteiger charge is -2.31. The summed E-state index contributed by atoms with van der Waals surface area (Å²) in [5.74, 6) is -1.11. The van der Waals surface area contributed by atoms with Crippen LogP contribution in [-0.2, 0) is 27.1 Å². The second-order valence-electron chi connectivity index (χ2n) is 29.5. The molecular formula is C78H100F2OS3. The van der Waals surface area contributed by atoms with E-state index in [9.17, 15) is 8.78 Å². The Morgan fingerprint density at radius 2 is 0.857 bits per heavy atom. The monoisotopic (exact) mass is 1190 g/mol. The van der Waals surface area contributed by atoms with Crippen molar-refractivity contribution < 1.29 is 13.2 Å². The van der Waals surface area contributed by atoms with Crippen LogP contribution in [0.1, 0.15) is 223 Å². The number of benzene rings is 6. The molecule has 0 radical (unpaired) electrons. The summed E-state index contributed by atoms with van der Waals surface area (Å²) in [4.78, 5) is 4.57. The Morgan fingerprint density at radius 3 is 1.38 bits per heavy atom. The van der Waals surface area contributed by atoms with Gasteiger partial charge in [-0.15, -0.1) is 34.0 Å². The number of fused-ring (bicyclic) bond motifs is 5. The number of aryl methyl sites for hydroxylation is 10. The van der Waals surface area contributed by atoms with Crippen LogP contribution in [-0.4, -0.2) is 5.92 Å². The van der Waals surface area contributed by atoms with E-state index in [4.69, 9.17) is 4.42 Å². The molecule has 0 aliphatic heterocycles. The van der Waals surface area contributed by atoms with E-state index in [0.717, 1.165) is 11.3 Å². The molecule has 0 amide bonds. The Hall–Kier alpha value is -5.14. The summed E-state index contributed by atoms with van der Waals surface area (Å²) in [6.07, 6.45) is 1.21. The van der Waals surface area contributed by atoms with Gasteiger partial charge in [-0.1, -0.05) is 189 Å². The molecule has 0 saturated heterocycles. The van der Waals surface area contributed by atoms with E-state index in [1.165, 1.54) is 128 Å². The van der Waals surface area contributed by atoms with Crippen molar-refractivity contribution in [3.63, 3.8) is 0 Å². The number of furan rings is 1. The van der Waals surface area contributed by atoms with Crippen molar-refractivity contribution in [3.8, 4) is 0 Å². The van der Waals surface area contributed by atoms with Crippen LogP contribution >= 0.6 is 34.0 Å². The van der Waals surface area contributed by atoms with Gasteiger partial charge in [0.25, 0.3) is 0 Å². The minimum atomic E-state index is -2.47. The van der Waals surface area contributed by atoms with Crippen molar-refractivity contribution in [2.24, 2.45) is 0 Å². The molecular weight excluding hydrogens is 1090 g/mol. The highest BCUT2D eigenvalue weighted by molar-refractivity contribution is 7.20. The molecule has 1 fully saturated rings. The fraction of sp³-hybridized carbons (Fsp3) is 0.462. The molecule has 6 aromatic carbocycles. The van der Waals surface area contributed by atoms with Crippen molar-refractivity contribution in [1.82, 2.24) is 0 Å². The van der Waals surface area contributed by atoms with Crippen LogP contribution in [0.4, 0.5) is 8.78 Å². The smallest absolute Gasteiger partial charge is 0.248 e. The highest BCUT2D eigenvalue weighted by Gasteiger charge is 2.36. The standard InChI is InChI=1S/C21H26F2.C15H20S.C14H18O.2C14H18S/c1-14-16-7-5-6-8-17(16)18(13-19(14)20(2,3)4)15-9-11-21(22,23)12-10-15;1-9-7-8-10(2)13-12(9)11(3)14(16-13)15(4,5)6;2*1-9-7-6-8-11-12(9)10(2)13(15-11)14(3,4)5;1-9-7-6-8-11-10(2)13(14(3,4)5)15-12(9)11/h5-8,13,15H,9-12H2,1-4H3;7-8H,1-6H3;3*6-8H,1-5H3. The van der Waals surface area contributed by atoms with E-state index in [2.05, 4.69) is 258 Å². The summed E-state index contributed by atoms with van der Waals surface area (Å²) in [6, 6.07) is 34.6. The fourth-order valence-corrected chi connectivity index (χ4v) is 17.0. The number of rotatable bonds is 1. The van der Waals surface area contributed by atoms with Crippen LogP contribution in [0, 0.1) is 69.2 Å². The first-order valence-electron chi connectivity index (χ1n) is 30.6. The lowest BCUT2D eigenvalue weighted by molar-refractivity contribution is -0.0381. The Kier molecular flexibility index (Phi) is 19.7. The summed E-state index contributed by atoms with van der Waals surface area (Å²) in [6.45, 7) is 56.0. The van der Waals surface area contributed by atoms with Gasteiger partial charge in [-0.3, -0.25) is 0 Å². The van der Waals surface area contributed by atoms with Crippen LogP contribution in [0.2, 0.25) is 0 Å². The molecule has 0 N–H and O–H groups in total. The number of hydrogen-bond acceptors (Lipinski definition) is 4. The second-order valence-corrected chi connectivity index (χ2v) is 32.6. The minimum absolute atomic E-state index is 0.0186. The SMILES string of the molecule is Cc1c(C(C)(C)C)cc(C2CCC(F)(F)CC2)c2ccccc12.Cc1c(C(C)(C)C)sc2c(C)cccc12.Cc1ccc(C)c2c(C)c(C(C)(C)C)sc12.Cc1cccc2oc(C(C)(C)C)c(C)c12.Cc1cccc2sc(C(C)(C)C)c(C)c12.